The van der Waals surface area contributed by atoms with Crippen molar-refractivity contribution in [1.29, 1.82) is 10.5 Å². The van der Waals surface area contributed by atoms with Crippen LogP contribution in [-0.4, -0.2) is 23.3 Å². The van der Waals surface area contributed by atoms with Gasteiger partial charge in [-0.3, -0.25) is 0 Å². The molecule has 2 N–H and O–H groups in total. The van der Waals surface area contributed by atoms with E-state index in [4.69, 9.17) is 26.8 Å². The molecule has 0 radical (unpaired) electrons. The van der Waals surface area contributed by atoms with Gasteiger partial charge in [0.25, 0.3) is 0 Å². The van der Waals surface area contributed by atoms with Gasteiger partial charge in [0.05, 0.1) is 40.0 Å². The maximum absolute atomic E-state index is 13.1. The van der Waals surface area contributed by atoms with E-state index in [0.29, 0.717) is 21.2 Å². The van der Waals surface area contributed by atoms with Crippen molar-refractivity contribution in [1.82, 2.24) is 4.98 Å². The maximum atomic E-state index is 13.1. The van der Waals surface area contributed by atoms with E-state index in [0.717, 1.165) is 10.6 Å². The first-order valence-electron chi connectivity index (χ1n) is 10.8. The van der Waals surface area contributed by atoms with Gasteiger partial charge in [-0.1, -0.05) is 41.6 Å². The van der Waals surface area contributed by atoms with E-state index in [1.165, 1.54) is 11.8 Å². The normalized spacial score (nSPS) is 15.2. The summed E-state index contributed by atoms with van der Waals surface area (Å²) in [5.74, 6) is -1.14. The Kier molecular flexibility index (Phi) is 7.97. The molecule has 1 atom stereocenters. The molecular weight excluding hydrogens is 516 g/mol. The lowest BCUT2D eigenvalue weighted by Crippen LogP contribution is -2.27. The molecule has 1 aliphatic rings. The molecule has 0 bridgehead atoms. The van der Waals surface area contributed by atoms with Crippen LogP contribution in [0, 0.1) is 22.7 Å². The number of thiophene rings is 1. The Labute approximate surface area is 221 Å². The van der Waals surface area contributed by atoms with E-state index in [1.807, 2.05) is 17.5 Å². The Bertz CT molecular complexity index is 1440. The summed E-state index contributed by atoms with van der Waals surface area (Å²) in [6, 6.07) is 18.4. The second-order valence-electron chi connectivity index (χ2n) is 7.46. The first kappa shape index (κ1) is 25.3. The van der Waals surface area contributed by atoms with Crippen molar-refractivity contribution in [3.8, 4) is 22.7 Å². The molecule has 0 aliphatic carbocycles. The third-order valence-corrected chi connectivity index (χ3v) is 7.43. The molecule has 3 heterocycles. The van der Waals surface area contributed by atoms with Gasteiger partial charge < -0.3 is 15.2 Å². The summed E-state index contributed by atoms with van der Waals surface area (Å²) in [7, 11) is 0. The maximum Gasteiger partial charge on any atom is 0.338 e. The van der Waals surface area contributed by atoms with Crippen LogP contribution < -0.4 is 5.73 Å². The minimum absolute atomic E-state index is 0.0955. The van der Waals surface area contributed by atoms with E-state index < -0.39 is 11.9 Å². The van der Waals surface area contributed by atoms with Crippen LogP contribution in [0.2, 0.25) is 5.02 Å². The summed E-state index contributed by atoms with van der Waals surface area (Å²) in [6.07, 6.45) is 0. The van der Waals surface area contributed by atoms with Gasteiger partial charge in [0.15, 0.2) is 0 Å². The van der Waals surface area contributed by atoms with Crippen LogP contribution >= 0.6 is 34.7 Å². The van der Waals surface area contributed by atoms with Crippen molar-refractivity contribution in [2.24, 2.45) is 5.73 Å². The van der Waals surface area contributed by atoms with Crippen LogP contribution in [0.3, 0.4) is 0 Å². The number of halogens is 1. The number of rotatable bonds is 7. The standard InChI is InChI=1S/C26H19ClN4O3S2/c1-2-33-26(32)23-20(34-24(30)18(13-29)22(23)15-5-8-17(27)9-6-15)14-36-25-16(12-28)7-10-19(31-25)21-4-3-11-35-21/h3-11,22H,2,14,30H2,1H3. The Morgan fingerprint density at radius 1 is 1.22 bits per heavy atom. The molecule has 0 saturated carbocycles. The number of aromatic nitrogens is 1. The fourth-order valence-corrected chi connectivity index (χ4v) is 5.41. The van der Waals surface area contributed by atoms with Gasteiger partial charge in [0.1, 0.15) is 28.5 Å². The second kappa shape index (κ2) is 11.3. The first-order chi connectivity index (χ1) is 17.5. The van der Waals surface area contributed by atoms with Crippen molar-refractivity contribution >= 4 is 40.7 Å². The van der Waals surface area contributed by atoms with Crippen LogP contribution in [-0.2, 0) is 14.3 Å². The smallest absolute Gasteiger partial charge is 0.338 e. The number of carbonyl (C=O) groups is 1. The molecule has 180 valence electrons. The van der Waals surface area contributed by atoms with Gasteiger partial charge in [0, 0.05) is 5.02 Å². The summed E-state index contributed by atoms with van der Waals surface area (Å²) < 4.78 is 11.1. The highest BCUT2D eigenvalue weighted by molar-refractivity contribution is 7.99. The lowest BCUT2D eigenvalue weighted by atomic mass is 9.83. The number of esters is 1. The summed E-state index contributed by atoms with van der Waals surface area (Å²) in [5.41, 5.74) is 8.18. The molecule has 10 heteroatoms. The van der Waals surface area contributed by atoms with E-state index in [9.17, 15) is 15.3 Å². The number of nitrogens with zero attached hydrogens (tertiary/aromatic N) is 3. The van der Waals surface area contributed by atoms with Crippen molar-refractivity contribution in [2.75, 3.05) is 12.4 Å². The number of carbonyl (C=O) groups excluding carboxylic acids is 1. The molecule has 36 heavy (non-hydrogen) atoms. The highest BCUT2D eigenvalue weighted by atomic mass is 35.5. The van der Waals surface area contributed by atoms with Crippen LogP contribution in [0.1, 0.15) is 24.0 Å². The number of nitrogens with two attached hydrogens (primary N) is 1. The van der Waals surface area contributed by atoms with Crippen molar-refractivity contribution < 1.29 is 14.3 Å². The fraction of sp³-hybridized carbons (Fsp3) is 0.154. The molecule has 2 aromatic heterocycles. The summed E-state index contributed by atoms with van der Waals surface area (Å²) >= 11 is 8.84. The average Bonchev–Trinajstić information content (AvgIpc) is 3.42. The predicted octanol–water partition coefficient (Wildman–Crippen LogP) is 5.75. The van der Waals surface area contributed by atoms with Crippen LogP contribution in [0.5, 0.6) is 0 Å². The molecule has 0 fully saturated rings. The van der Waals surface area contributed by atoms with Gasteiger partial charge >= 0.3 is 5.97 Å². The zero-order valence-corrected chi connectivity index (χ0v) is 21.4. The molecule has 0 amide bonds. The number of hydrogen-bond acceptors (Lipinski definition) is 9. The second-order valence-corrected chi connectivity index (χ2v) is 9.81. The largest absolute Gasteiger partial charge is 0.463 e. The van der Waals surface area contributed by atoms with Crippen molar-refractivity contribution in [3.05, 3.63) is 92.8 Å². The van der Waals surface area contributed by atoms with Gasteiger partial charge in [-0.05, 0) is 48.2 Å². The van der Waals surface area contributed by atoms with Crippen molar-refractivity contribution in [2.45, 2.75) is 17.9 Å². The molecule has 4 rings (SSSR count). The van der Waals surface area contributed by atoms with Gasteiger partial charge in [-0.15, -0.1) is 11.3 Å². The number of hydrogen-bond donors (Lipinski definition) is 1. The average molecular weight is 535 g/mol. The third-order valence-electron chi connectivity index (χ3n) is 5.29. The number of pyridine rings is 1. The quantitative estimate of drug-likeness (QED) is 0.300. The number of allylic oxidation sites excluding steroid dienone is 1. The van der Waals surface area contributed by atoms with Crippen LogP contribution in [0.25, 0.3) is 10.6 Å². The molecular formula is C26H19ClN4O3S2. The number of ether oxygens (including phenoxy) is 2. The summed E-state index contributed by atoms with van der Waals surface area (Å²) in [6.45, 7) is 1.84. The highest BCUT2D eigenvalue weighted by Gasteiger charge is 2.37. The van der Waals surface area contributed by atoms with Crippen molar-refractivity contribution in [3.63, 3.8) is 0 Å². The summed E-state index contributed by atoms with van der Waals surface area (Å²) in [4.78, 5) is 18.8. The first-order valence-corrected chi connectivity index (χ1v) is 13.0. The topological polar surface area (TPSA) is 122 Å². The van der Waals surface area contributed by atoms with E-state index >= 15 is 0 Å². The SMILES string of the molecule is CCOC(=O)C1=C(CSc2nc(-c3cccs3)ccc2C#N)OC(N)=C(C#N)C1c1ccc(Cl)cc1. The lowest BCUT2D eigenvalue weighted by Gasteiger charge is -2.28. The lowest BCUT2D eigenvalue weighted by molar-refractivity contribution is -0.139. The number of nitriles is 2. The Morgan fingerprint density at radius 3 is 2.64 bits per heavy atom. The molecule has 0 spiro atoms. The Morgan fingerprint density at radius 2 is 2.00 bits per heavy atom. The summed E-state index contributed by atoms with van der Waals surface area (Å²) in [5, 5.41) is 22.4. The number of thioether (sulfide) groups is 1. The molecule has 3 aromatic rings. The molecule has 1 unspecified atom stereocenters. The van der Waals surface area contributed by atoms with Gasteiger partial charge in [-0.2, -0.15) is 10.5 Å². The van der Waals surface area contributed by atoms with E-state index in [2.05, 4.69) is 17.1 Å². The molecule has 1 aliphatic heterocycles. The minimum atomic E-state index is -0.795. The number of benzene rings is 1. The van der Waals surface area contributed by atoms with E-state index in [-0.39, 0.29) is 35.1 Å². The monoisotopic (exact) mass is 534 g/mol. The highest BCUT2D eigenvalue weighted by Crippen LogP contribution is 2.41. The van der Waals surface area contributed by atoms with Crippen LogP contribution in [0.15, 0.2) is 81.7 Å². The Hall–Kier alpha value is -3.76. The zero-order valence-electron chi connectivity index (χ0n) is 19.0. The molecule has 1 aromatic carbocycles. The fourth-order valence-electron chi connectivity index (χ4n) is 3.68. The Balaban J connectivity index is 1.76. The zero-order chi connectivity index (χ0) is 25.7. The third kappa shape index (κ3) is 5.24. The van der Waals surface area contributed by atoms with Crippen LogP contribution in [0.4, 0.5) is 0 Å². The minimum Gasteiger partial charge on any atom is -0.463 e. The van der Waals surface area contributed by atoms with Gasteiger partial charge in [0.2, 0.25) is 5.88 Å². The predicted molar refractivity (Wildman–Crippen MR) is 139 cm³/mol. The molecule has 0 saturated heterocycles. The van der Waals surface area contributed by atoms with Gasteiger partial charge in [-0.25, -0.2) is 9.78 Å². The molecule has 7 nitrogen and oxygen atoms in total. The van der Waals surface area contributed by atoms with E-state index in [1.54, 1.807) is 54.7 Å².